The summed E-state index contributed by atoms with van der Waals surface area (Å²) in [7, 11) is 0. The maximum atomic E-state index is 12.4. The molecule has 1 aromatic carbocycles. The van der Waals surface area contributed by atoms with Crippen LogP contribution in [-0.4, -0.2) is 46.1 Å². The first-order chi connectivity index (χ1) is 12.0. The van der Waals surface area contributed by atoms with Crippen LogP contribution in [0.25, 0.3) is 11.4 Å². The standard InChI is InChI=1S/C18H23ClN4O2/c1-12-13(2)23(11-10-20-12)17(24)5-3-4-16-21-18(22-25-16)14-6-8-15(19)9-7-14/h6-9,12-13,20H,3-5,10-11H2,1-2H3. The molecule has 1 aliphatic rings. The summed E-state index contributed by atoms with van der Waals surface area (Å²) in [4.78, 5) is 18.8. The summed E-state index contributed by atoms with van der Waals surface area (Å²) in [5.74, 6) is 1.29. The molecule has 2 heterocycles. The van der Waals surface area contributed by atoms with Crippen molar-refractivity contribution in [2.24, 2.45) is 0 Å². The number of hydrogen-bond donors (Lipinski definition) is 1. The van der Waals surface area contributed by atoms with E-state index in [4.69, 9.17) is 16.1 Å². The number of nitrogens with one attached hydrogen (secondary N) is 1. The van der Waals surface area contributed by atoms with Gasteiger partial charge in [-0.05, 0) is 44.5 Å². The Morgan fingerprint density at radius 1 is 1.36 bits per heavy atom. The second-order valence-corrected chi connectivity index (χ2v) is 6.88. The highest BCUT2D eigenvalue weighted by molar-refractivity contribution is 6.30. The first-order valence-corrected chi connectivity index (χ1v) is 9.04. The third kappa shape index (κ3) is 4.38. The van der Waals surface area contributed by atoms with Crippen molar-refractivity contribution in [3.8, 4) is 11.4 Å². The van der Waals surface area contributed by atoms with Gasteiger partial charge in [0.25, 0.3) is 0 Å². The fraction of sp³-hybridized carbons (Fsp3) is 0.500. The molecule has 6 nitrogen and oxygen atoms in total. The van der Waals surface area contributed by atoms with Gasteiger partial charge in [-0.15, -0.1) is 0 Å². The van der Waals surface area contributed by atoms with Crippen molar-refractivity contribution in [3.05, 3.63) is 35.2 Å². The van der Waals surface area contributed by atoms with Crippen LogP contribution in [0.4, 0.5) is 0 Å². The number of hydrogen-bond acceptors (Lipinski definition) is 5. The van der Waals surface area contributed by atoms with Gasteiger partial charge in [0.15, 0.2) is 0 Å². The minimum atomic E-state index is 0.193. The molecule has 25 heavy (non-hydrogen) atoms. The largest absolute Gasteiger partial charge is 0.339 e. The summed E-state index contributed by atoms with van der Waals surface area (Å²) in [5, 5.41) is 8.05. The molecule has 0 radical (unpaired) electrons. The summed E-state index contributed by atoms with van der Waals surface area (Å²) in [6.45, 7) is 5.82. The Hall–Kier alpha value is -1.92. The van der Waals surface area contributed by atoms with Gasteiger partial charge >= 0.3 is 0 Å². The number of rotatable bonds is 5. The smallest absolute Gasteiger partial charge is 0.226 e. The SMILES string of the molecule is CC1NCCN(C(=O)CCCc2nc(-c3ccc(Cl)cc3)no2)C1C. The zero-order valence-electron chi connectivity index (χ0n) is 14.5. The molecule has 2 unspecified atom stereocenters. The van der Waals surface area contributed by atoms with Gasteiger partial charge in [0.1, 0.15) is 0 Å². The molecule has 1 aromatic heterocycles. The average Bonchev–Trinajstić information content (AvgIpc) is 3.07. The van der Waals surface area contributed by atoms with Crippen LogP contribution >= 0.6 is 11.6 Å². The summed E-state index contributed by atoms with van der Waals surface area (Å²) >= 11 is 5.88. The van der Waals surface area contributed by atoms with Gasteiger partial charge in [-0.25, -0.2) is 0 Å². The molecule has 1 amide bonds. The second-order valence-electron chi connectivity index (χ2n) is 6.44. The molecule has 0 bridgehead atoms. The molecule has 1 saturated heterocycles. The lowest BCUT2D eigenvalue weighted by molar-refractivity contribution is -0.134. The Morgan fingerprint density at radius 2 is 2.12 bits per heavy atom. The fourth-order valence-corrected chi connectivity index (χ4v) is 3.14. The van der Waals surface area contributed by atoms with Crippen molar-refractivity contribution in [1.29, 1.82) is 0 Å². The quantitative estimate of drug-likeness (QED) is 0.885. The van der Waals surface area contributed by atoms with E-state index in [1.54, 1.807) is 12.1 Å². The van der Waals surface area contributed by atoms with E-state index in [9.17, 15) is 4.79 Å². The van der Waals surface area contributed by atoms with Gasteiger partial charge in [-0.3, -0.25) is 4.79 Å². The van der Waals surface area contributed by atoms with Gasteiger partial charge in [0, 0.05) is 48.6 Å². The Balaban J connectivity index is 1.51. The summed E-state index contributed by atoms with van der Waals surface area (Å²) in [5.41, 5.74) is 0.860. The molecule has 1 aliphatic heterocycles. The van der Waals surface area contributed by atoms with Crippen molar-refractivity contribution >= 4 is 17.5 Å². The van der Waals surface area contributed by atoms with E-state index in [0.29, 0.717) is 42.0 Å². The number of amides is 1. The van der Waals surface area contributed by atoms with Crippen molar-refractivity contribution in [2.75, 3.05) is 13.1 Å². The van der Waals surface area contributed by atoms with E-state index >= 15 is 0 Å². The molecule has 2 aromatic rings. The van der Waals surface area contributed by atoms with Gasteiger partial charge in [0.05, 0.1) is 0 Å². The number of carbonyl (C=O) groups excluding carboxylic acids is 1. The van der Waals surface area contributed by atoms with Gasteiger partial charge in [0.2, 0.25) is 17.6 Å². The number of nitrogens with zero attached hydrogens (tertiary/aromatic N) is 3. The number of carbonyl (C=O) groups is 1. The first-order valence-electron chi connectivity index (χ1n) is 8.66. The highest BCUT2D eigenvalue weighted by Gasteiger charge is 2.27. The summed E-state index contributed by atoms with van der Waals surface area (Å²) in [6.07, 6.45) is 1.80. The van der Waals surface area contributed by atoms with E-state index in [0.717, 1.165) is 18.7 Å². The maximum absolute atomic E-state index is 12.4. The zero-order valence-corrected chi connectivity index (χ0v) is 15.3. The van der Waals surface area contributed by atoms with Crippen LogP contribution < -0.4 is 5.32 Å². The molecule has 3 rings (SSSR count). The highest BCUT2D eigenvalue weighted by atomic mass is 35.5. The molecular formula is C18H23ClN4O2. The van der Waals surface area contributed by atoms with E-state index in [2.05, 4.69) is 29.3 Å². The van der Waals surface area contributed by atoms with E-state index in [1.807, 2.05) is 17.0 Å². The Bertz CT molecular complexity index is 716. The van der Waals surface area contributed by atoms with Crippen LogP contribution in [0.2, 0.25) is 5.02 Å². The predicted molar refractivity (Wildman–Crippen MR) is 96.3 cm³/mol. The van der Waals surface area contributed by atoms with Crippen LogP contribution in [-0.2, 0) is 11.2 Å². The van der Waals surface area contributed by atoms with E-state index in [1.165, 1.54) is 0 Å². The molecule has 134 valence electrons. The molecule has 0 aliphatic carbocycles. The van der Waals surface area contributed by atoms with Crippen LogP contribution in [0.3, 0.4) is 0 Å². The number of aromatic nitrogens is 2. The van der Waals surface area contributed by atoms with Crippen LogP contribution in [0.15, 0.2) is 28.8 Å². The Labute approximate surface area is 152 Å². The monoisotopic (exact) mass is 362 g/mol. The predicted octanol–water partition coefficient (Wildman–Crippen LogP) is 2.92. The van der Waals surface area contributed by atoms with Crippen LogP contribution in [0, 0.1) is 0 Å². The third-order valence-corrected chi connectivity index (χ3v) is 4.96. The lowest BCUT2D eigenvalue weighted by atomic mass is 10.1. The lowest BCUT2D eigenvalue weighted by Gasteiger charge is -2.38. The fourth-order valence-electron chi connectivity index (χ4n) is 3.02. The number of aryl methyl sites for hydroxylation is 1. The molecule has 1 N–H and O–H groups in total. The highest BCUT2D eigenvalue weighted by Crippen LogP contribution is 2.19. The minimum Gasteiger partial charge on any atom is -0.339 e. The summed E-state index contributed by atoms with van der Waals surface area (Å²) < 4.78 is 5.29. The van der Waals surface area contributed by atoms with E-state index in [-0.39, 0.29) is 11.9 Å². The van der Waals surface area contributed by atoms with Gasteiger partial charge in [-0.1, -0.05) is 16.8 Å². The van der Waals surface area contributed by atoms with Gasteiger partial charge < -0.3 is 14.7 Å². The molecular weight excluding hydrogens is 340 g/mol. The lowest BCUT2D eigenvalue weighted by Crippen LogP contribution is -2.57. The van der Waals surface area contributed by atoms with Crippen molar-refractivity contribution in [1.82, 2.24) is 20.4 Å². The molecule has 0 saturated carbocycles. The van der Waals surface area contributed by atoms with E-state index < -0.39 is 0 Å². The number of piperazine rings is 1. The molecule has 7 heteroatoms. The average molecular weight is 363 g/mol. The van der Waals surface area contributed by atoms with Crippen LogP contribution in [0.5, 0.6) is 0 Å². The van der Waals surface area contributed by atoms with Gasteiger partial charge in [-0.2, -0.15) is 4.98 Å². The topological polar surface area (TPSA) is 71.3 Å². The second kappa shape index (κ2) is 7.97. The van der Waals surface area contributed by atoms with Crippen molar-refractivity contribution < 1.29 is 9.32 Å². The maximum Gasteiger partial charge on any atom is 0.226 e. The molecule has 0 spiro atoms. The third-order valence-electron chi connectivity index (χ3n) is 4.71. The van der Waals surface area contributed by atoms with Crippen molar-refractivity contribution in [2.45, 2.75) is 45.2 Å². The summed E-state index contributed by atoms with van der Waals surface area (Å²) in [6, 6.07) is 7.85. The zero-order chi connectivity index (χ0) is 17.8. The molecule has 1 fully saturated rings. The Kier molecular flexibility index (Phi) is 5.71. The van der Waals surface area contributed by atoms with Crippen molar-refractivity contribution in [3.63, 3.8) is 0 Å². The number of benzene rings is 1. The first kappa shape index (κ1) is 17.9. The normalized spacial score (nSPS) is 20.7. The minimum absolute atomic E-state index is 0.193. The Morgan fingerprint density at radius 3 is 2.88 bits per heavy atom. The molecule has 2 atom stereocenters. The number of halogens is 1. The van der Waals surface area contributed by atoms with Crippen LogP contribution in [0.1, 0.15) is 32.6 Å².